The predicted octanol–water partition coefficient (Wildman–Crippen LogP) is 4.40. The van der Waals surface area contributed by atoms with E-state index in [0.717, 1.165) is 11.3 Å². The van der Waals surface area contributed by atoms with Crippen LogP contribution in [0.5, 0.6) is 0 Å². The molecule has 0 spiro atoms. The number of hydrogen-bond donors (Lipinski definition) is 1. The lowest BCUT2D eigenvalue weighted by atomic mass is 10.1. The molecule has 3 aromatic heterocycles. The maximum atomic E-state index is 13.0. The smallest absolute Gasteiger partial charge is 0.273 e. The summed E-state index contributed by atoms with van der Waals surface area (Å²) in [5, 5.41) is 23.8. The van der Waals surface area contributed by atoms with E-state index in [1.807, 2.05) is 32.0 Å². The van der Waals surface area contributed by atoms with E-state index in [2.05, 4.69) is 25.5 Å². The van der Waals surface area contributed by atoms with Crippen LogP contribution in [0.25, 0.3) is 22.5 Å². The number of fused-ring (bicyclic) bond motifs is 1. The zero-order valence-corrected chi connectivity index (χ0v) is 20.1. The van der Waals surface area contributed by atoms with Gasteiger partial charge in [0.2, 0.25) is 0 Å². The summed E-state index contributed by atoms with van der Waals surface area (Å²) in [4.78, 5) is 32.6. The van der Waals surface area contributed by atoms with Gasteiger partial charge in [-0.1, -0.05) is 12.1 Å². The Hall–Kier alpha value is -4.93. The van der Waals surface area contributed by atoms with Gasteiger partial charge >= 0.3 is 0 Å². The highest BCUT2D eigenvalue weighted by Crippen LogP contribution is 2.26. The fraction of sp³-hybridized carbons (Fsp3) is 0.160. The highest BCUT2D eigenvalue weighted by atomic mass is 16.6. The Kier molecular flexibility index (Phi) is 5.51. The van der Waals surface area contributed by atoms with Crippen molar-refractivity contribution in [2.75, 3.05) is 5.32 Å². The molecule has 11 nitrogen and oxygen atoms in total. The van der Waals surface area contributed by atoms with E-state index in [4.69, 9.17) is 0 Å². The largest absolute Gasteiger partial charge is 0.306 e. The highest BCUT2D eigenvalue weighted by molar-refractivity contribution is 6.04. The number of amides is 1. The zero-order valence-electron chi connectivity index (χ0n) is 20.1. The monoisotopic (exact) mass is 482 g/mol. The van der Waals surface area contributed by atoms with Crippen LogP contribution in [0.3, 0.4) is 0 Å². The highest BCUT2D eigenvalue weighted by Gasteiger charge is 2.20. The molecule has 1 amide bonds. The van der Waals surface area contributed by atoms with E-state index in [9.17, 15) is 14.9 Å². The second-order valence-corrected chi connectivity index (χ2v) is 8.55. The molecule has 180 valence electrons. The van der Waals surface area contributed by atoms with Gasteiger partial charge < -0.3 is 5.32 Å². The standard InChI is InChI=1S/C25H22N8O3/c1-14-6-8-19(9-16(14)3)31-23-20(12-28-31)24(27-13-26-23)32-22(10-17(4)30-32)29-25(34)18-7-5-15(2)21(11-18)33(35)36/h5-13H,1-4H3,(H,29,34). The molecule has 5 rings (SSSR count). The van der Waals surface area contributed by atoms with Gasteiger partial charge in [0, 0.05) is 23.3 Å². The van der Waals surface area contributed by atoms with Crippen molar-refractivity contribution < 1.29 is 9.72 Å². The van der Waals surface area contributed by atoms with Gasteiger partial charge in [-0.25, -0.2) is 14.6 Å². The summed E-state index contributed by atoms with van der Waals surface area (Å²) in [7, 11) is 0. The number of carbonyl (C=O) groups excluding carboxylic acids is 1. The Bertz CT molecular complexity index is 1670. The van der Waals surface area contributed by atoms with Crippen LogP contribution >= 0.6 is 0 Å². The molecule has 0 atom stereocenters. The van der Waals surface area contributed by atoms with Crippen LogP contribution in [0.1, 0.15) is 32.7 Å². The number of aromatic nitrogens is 6. The summed E-state index contributed by atoms with van der Waals surface area (Å²) in [5.41, 5.74) is 4.92. The van der Waals surface area contributed by atoms with Crippen LogP contribution in [0.4, 0.5) is 11.5 Å². The van der Waals surface area contributed by atoms with Crippen LogP contribution in [0, 0.1) is 37.8 Å². The van der Waals surface area contributed by atoms with Crippen molar-refractivity contribution in [1.82, 2.24) is 29.5 Å². The lowest BCUT2D eigenvalue weighted by molar-refractivity contribution is -0.385. The molecule has 3 heterocycles. The second kappa shape index (κ2) is 8.69. The lowest BCUT2D eigenvalue weighted by Gasteiger charge is -2.10. The van der Waals surface area contributed by atoms with Gasteiger partial charge in [-0.15, -0.1) is 0 Å². The van der Waals surface area contributed by atoms with Crippen molar-refractivity contribution in [2.45, 2.75) is 27.7 Å². The van der Waals surface area contributed by atoms with Gasteiger partial charge in [-0.2, -0.15) is 14.9 Å². The van der Waals surface area contributed by atoms with E-state index in [1.165, 1.54) is 22.6 Å². The van der Waals surface area contributed by atoms with Crippen molar-refractivity contribution >= 4 is 28.4 Å². The first-order valence-corrected chi connectivity index (χ1v) is 11.1. The average Bonchev–Trinajstić information content (AvgIpc) is 3.44. The first-order valence-electron chi connectivity index (χ1n) is 11.1. The third-order valence-electron chi connectivity index (χ3n) is 6.02. The number of rotatable bonds is 5. The number of carbonyl (C=O) groups is 1. The van der Waals surface area contributed by atoms with E-state index >= 15 is 0 Å². The molecule has 2 aromatic carbocycles. The fourth-order valence-corrected chi connectivity index (χ4v) is 3.93. The van der Waals surface area contributed by atoms with E-state index in [1.54, 1.807) is 42.9 Å². The third kappa shape index (κ3) is 3.96. The molecule has 0 radical (unpaired) electrons. The first-order chi connectivity index (χ1) is 17.2. The van der Waals surface area contributed by atoms with Crippen LogP contribution in [0.2, 0.25) is 0 Å². The minimum atomic E-state index is -0.509. The number of anilines is 1. The molecule has 0 saturated carbocycles. The molecule has 0 bridgehead atoms. The van der Waals surface area contributed by atoms with E-state index in [0.29, 0.717) is 33.9 Å². The summed E-state index contributed by atoms with van der Waals surface area (Å²) >= 11 is 0. The maximum absolute atomic E-state index is 13.0. The van der Waals surface area contributed by atoms with Gasteiger partial charge in [-0.05, 0) is 57.0 Å². The van der Waals surface area contributed by atoms with Crippen LogP contribution in [-0.4, -0.2) is 40.4 Å². The molecular formula is C25H22N8O3. The summed E-state index contributed by atoms with van der Waals surface area (Å²) in [6, 6.07) is 12.1. The number of nitrogens with one attached hydrogen (secondary N) is 1. The van der Waals surface area contributed by atoms with Gasteiger partial charge in [0.05, 0.1) is 27.9 Å². The number of nitro groups is 1. The van der Waals surface area contributed by atoms with Crippen LogP contribution in [0.15, 0.2) is 55.0 Å². The predicted molar refractivity (Wildman–Crippen MR) is 134 cm³/mol. The summed E-state index contributed by atoms with van der Waals surface area (Å²) in [6.45, 7) is 7.50. The first kappa shape index (κ1) is 22.8. The molecule has 0 aliphatic rings. The minimum Gasteiger partial charge on any atom is -0.306 e. The minimum absolute atomic E-state index is 0.122. The molecule has 5 aromatic rings. The number of aryl methyl sites for hydroxylation is 4. The van der Waals surface area contributed by atoms with Crippen molar-refractivity contribution in [3.8, 4) is 11.5 Å². The van der Waals surface area contributed by atoms with Gasteiger partial charge in [0.15, 0.2) is 11.5 Å². The fourth-order valence-electron chi connectivity index (χ4n) is 3.93. The SMILES string of the molecule is Cc1cc(NC(=O)c2ccc(C)c([N+](=O)[O-])c2)n(-c2ncnc3c2cnn3-c2ccc(C)c(C)c2)n1. The number of nitrogens with zero attached hydrogens (tertiary/aromatic N) is 7. The molecule has 11 heteroatoms. The van der Waals surface area contributed by atoms with Crippen molar-refractivity contribution in [2.24, 2.45) is 0 Å². The summed E-state index contributed by atoms with van der Waals surface area (Å²) < 4.78 is 3.24. The second-order valence-electron chi connectivity index (χ2n) is 8.55. The molecule has 0 fully saturated rings. The van der Waals surface area contributed by atoms with Gasteiger partial charge in [0.1, 0.15) is 12.1 Å². The van der Waals surface area contributed by atoms with Crippen molar-refractivity contribution in [3.63, 3.8) is 0 Å². The van der Waals surface area contributed by atoms with Crippen molar-refractivity contribution in [3.05, 3.63) is 93.1 Å². The Balaban J connectivity index is 1.54. The van der Waals surface area contributed by atoms with Gasteiger partial charge in [0.25, 0.3) is 11.6 Å². The summed E-state index contributed by atoms with van der Waals surface area (Å²) in [6.07, 6.45) is 3.08. The zero-order chi connectivity index (χ0) is 25.6. The van der Waals surface area contributed by atoms with Crippen molar-refractivity contribution in [1.29, 1.82) is 0 Å². The Morgan fingerprint density at radius 2 is 1.72 bits per heavy atom. The molecule has 1 N–H and O–H groups in total. The number of nitro benzene ring substituents is 1. The Morgan fingerprint density at radius 1 is 0.944 bits per heavy atom. The average molecular weight is 483 g/mol. The molecule has 36 heavy (non-hydrogen) atoms. The van der Waals surface area contributed by atoms with E-state index in [-0.39, 0.29) is 11.3 Å². The van der Waals surface area contributed by atoms with E-state index < -0.39 is 10.8 Å². The molecule has 0 aliphatic heterocycles. The van der Waals surface area contributed by atoms with Gasteiger partial charge in [-0.3, -0.25) is 14.9 Å². The third-order valence-corrected chi connectivity index (χ3v) is 6.02. The number of hydrogen-bond acceptors (Lipinski definition) is 7. The molecular weight excluding hydrogens is 460 g/mol. The number of benzene rings is 2. The topological polar surface area (TPSA) is 134 Å². The summed E-state index contributed by atoms with van der Waals surface area (Å²) in [5.74, 6) is 0.295. The maximum Gasteiger partial charge on any atom is 0.273 e. The quantitative estimate of drug-likeness (QED) is 0.290. The Labute approximate surface area is 205 Å². The molecule has 0 saturated heterocycles. The van der Waals surface area contributed by atoms with Crippen LogP contribution in [-0.2, 0) is 0 Å². The molecule has 0 unspecified atom stereocenters. The van der Waals surface area contributed by atoms with Crippen LogP contribution < -0.4 is 5.32 Å². The lowest BCUT2D eigenvalue weighted by Crippen LogP contribution is -2.16. The normalized spacial score (nSPS) is 11.1. The Morgan fingerprint density at radius 3 is 2.47 bits per heavy atom. The molecule has 0 aliphatic carbocycles.